The summed E-state index contributed by atoms with van der Waals surface area (Å²) >= 11 is 0. The number of hydrogen-bond acceptors (Lipinski definition) is 3. The van der Waals surface area contributed by atoms with Gasteiger partial charge >= 0.3 is 0 Å². The molecular formula is C8H15N3O. The van der Waals surface area contributed by atoms with Gasteiger partial charge in [0.05, 0.1) is 0 Å². The number of amides is 1. The lowest BCUT2D eigenvalue weighted by Gasteiger charge is -2.29. The first kappa shape index (κ1) is 8.01. The standard InChI is InChI=1S/C8H15N3O/c12-8-2-1-6(11-8)5-10-7-3-9-4-7/h6-7,9-10H,1-5H2,(H,11,12). The molecule has 2 aliphatic rings. The van der Waals surface area contributed by atoms with E-state index in [1.165, 1.54) is 0 Å². The van der Waals surface area contributed by atoms with E-state index >= 15 is 0 Å². The van der Waals surface area contributed by atoms with Gasteiger partial charge in [-0.05, 0) is 6.42 Å². The minimum atomic E-state index is 0.202. The van der Waals surface area contributed by atoms with E-state index in [0.29, 0.717) is 18.5 Å². The molecule has 4 heteroatoms. The molecule has 2 heterocycles. The smallest absolute Gasteiger partial charge is 0.220 e. The first-order chi connectivity index (χ1) is 5.84. The Balaban J connectivity index is 1.63. The Morgan fingerprint density at radius 2 is 2.33 bits per heavy atom. The fraction of sp³-hybridized carbons (Fsp3) is 0.875. The minimum Gasteiger partial charge on any atom is -0.352 e. The molecule has 0 aromatic rings. The van der Waals surface area contributed by atoms with E-state index in [4.69, 9.17) is 0 Å². The first-order valence-corrected chi connectivity index (χ1v) is 4.58. The Kier molecular flexibility index (Phi) is 2.28. The van der Waals surface area contributed by atoms with Crippen molar-refractivity contribution in [1.29, 1.82) is 0 Å². The Bertz CT molecular complexity index is 179. The lowest BCUT2D eigenvalue weighted by atomic mass is 10.1. The molecule has 1 unspecified atom stereocenters. The average molecular weight is 169 g/mol. The lowest BCUT2D eigenvalue weighted by Crippen LogP contribution is -2.57. The molecule has 2 fully saturated rings. The molecule has 0 saturated carbocycles. The van der Waals surface area contributed by atoms with E-state index in [9.17, 15) is 4.79 Å². The molecule has 1 amide bonds. The molecule has 1 atom stereocenters. The summed E-state index contributed by atoms with van der Waals surface area (Å²) in [4.78, 5) is 10.8. The highest BCUT2D eigenvalue weighted by Crippen LogP contribution is 2.05. The fourth-order valence-corrected chi connectivity index (χ4v) is 1.57. The highest BCUT2D eigenvalue weighted by Gasteiger charge is 2.22. The van der Waals surface area contributed by atoms with Gasteiger partial charge in [-0.3, -0.25) is 4.79 Å². The second-order valence-corrected chi connectivity index (χ2v) is 3.57. The van der Waals surface area contributed by atoms with Crippen molar-refractivity contribution >= 4 is 5.91 Å². The van der Waals surface area contributed by atoms with E-state index < -0.39 is 0 Å². The van der Waals surface area contributed by atoms with Gasteiger partial charge < -0.3 is 16.0 Å². The number of hydrogen-bond donors (Lipinski definition) is 3. The zero-order valence-corrected chi connectivity index (χ0v) is 7.10. The quantitative estimate of drug-likeness (QED) is 0.499. The summed E-state index contributed by atoms with van der Waals surface area (Å²) in [5.41, 5.74) is 0. The van der Waals surface area contributed by atoms with Gasteiger partial charge in [-0.1, -0.05) is 0 Å². The average Bonchev–Trinajstić information content (AvgIpc) is 2.32. The Labute approximate surface area is 72.1 Å². The van der Waals surface area contributed by atoms with Crippen molar-refractivity contribution in [2.24, 2.45) is 0 Å². The predicted octanol–water partition coefficient (Wildman–Crippen LogP) is -1.17. The summed E-state index contributed by atoms with van der Waals surface area (Å²) in [5.74, 6) is 0.202. The van der Waals surface area contributed by atoms with E-state index in [1.807, 2.05) is 0 Å². The molecular weight excluding hydrogens is 154 g/mol. The zero-order chi connectivity index (χ0) is 8.39. The van der Waals surface area contributed by atoms with Crippen LogP contribution in [0.25, 0.3) is 0 Å². The van der Waals surface area contributed by atoms with E-state index in [-0.39, 0.29) is 5.91 Å². The van der Waals surface area contributed by atoms with Crippen LogP contribution in [0.1, 0.15) is 12.8 Å². The van der Waals surface area contributed by atoms with Crippen LogP contribution in [0.4, 0.5) is 0 Å². The maximum absolute atomic E-state index is 10.8. The number of carbonyl (C=O) groups excluding carboxylic acids is 1. The van der Waals surface area contributed by atoms with Gasteiger partial charge in [0.25, 0.3) is 0 Å². The van der Waals surface area contributed by atoms with Crippen molar-refractivity contribution in [3.63, 3.8) is 0 Å². The molecule has 2 saturated heterocycles. The molecule has 68 valence electrons. The van der Waals surface area contributed by atoms with Crippen molar-refractivity contribution in [3.05, 3.63) is 0 Å². The molecule has 3 N–H and O–H groups in total. The van der Waals surface area contributed by atoms with E-state index in [0.717, 1.165) is 26.1 Å². The lowest BCUT2D eigenvalue weighted by molar-refractivity contribution is -0.119. The maximum Gasteiger partial charge on any atom is 0.220 e. The third-order valence-electron chi connectivity index (χ3n) is 2.52. The summed E-state index contributed by atoms with van der Waals surface area (Å²) in [6.45, 7) is 3.07. The third-order valence-corrected chi connectivity index (χ3v) is 2.52. The maximum atomic E-state index is 10.8. The van der Waals surface area contributed by atoms with Gasteiger partial charge in [-0.2, -0.15) is 0 Å². The molecule has 2 aliphatic heterocycles. The summed E-state index contributed by atoms with van der Waals surface area (Å²) in [6, 6.07) is 1.00. The van der Waals surface area contributed by atoms with Crippen LogP contribution in [0.15, 0.2) is 0 Å². The van der Waals surface area contributed by atoms with Gasteiger partial charge in [0, 0.05) is 38.1 Å². The van der Waals surface area contributed by atoms with Crippen LogP contribution in [-0.4, -0.2) is 37.6 Å². The van der Waals surface area contributed by atoms with Crippen LogP contribution in [0.3, 0.4) is 0 Å². The molecule has 0 bridgehead atoms. The molecule has 12 heavy (non-hydrogen) atoms. The van der Waals surface area contributed by atoms with Crippen LogP contribution in [-0.2, 0) is 4.79 Å². The highest BCUT2D eigenvalue weighted by molar-refractivity contribution is 5.78. The predicted molar refractivity (Wildman–Crippen MR) is 45.8 cm³/mol. The van der Waals surface area contributed by atoms with Gasteiger partial charge in [0.1, 0.15) is 0 Å². The van der Waals surface area contributed by atoms with Gasteiger partial charge in [0.2, 0.25) is 5.91 Å². The summed E-state index contributed by atoms with van der Waals surface area (Å²) < 4.78 is 0. The zero-order valence-electron chi connectivity index (χ0n) is 7.10. The van der Waals surface area contributed by atoms with Crippen LogP contribution < -0.4 is 16.0 Å². The SMILES string of the molecule is O=C1CCC(CNC2CNC2)N1. The molecule has 0 aromatic carbocycles. The number of nitrogens with one attached hydrogen (secondary N) is 3. The van der Waals surface area contributed by atoms with Crippen molar-refractivity contribution < 1.29 is 4.79 Å². The molecule has 2 rings (SSSR count). The second-order valence-electron chi connectivity index (χ2n) is 3.57. The summed E-state index contributed by atoms with van der Waals surface area (Å²) in [6.07, 6.45) is 1.70. The monoisotopic (exact) mass is 169 g/mol. The Hall–Kier alpha value is -0.610. The van der Waals surface area contributed by atoms with Crippen molar-refractivity contribution in [3.8, 4) is 0 Å². The number of rotatable bonds is 3. The number of carbonyl (C=O) groups is 1. The van der Waals surface area contributed by atoms with Crippen molar-refractivity contribution in [2.45, 2.75) is 24.9 Å². The molecule has 0 aliphatic carbocycles. The summed E-state index contributed by atoms with van der Waals surface area (Å²) in [5, 5.41) is 9.54. The van der Waals surface area contributed by atoms with E-state index in [2.05, 4.69) is 16.0 Å². The molecule has 0 spiro atoms. The topological polar surface area (TPSA) is 53.2 Å². The highest BCUT2D eigenvalue weighted by atomic mass is 16.1. The molecule has 0 aromatic heterocycles. The molecule has 4 nitrogen and oxygen atoms in total. The second kappa shape index (κ2) is 3.41. The van der Waals surface area contributed by atoms with Crippen molar-refractivity contribution in [2.75, 3.05) is 19.6 Å². The minimum absolute atomic E-state index is 0.202. The van der Waals surface area contributed by atoms with Gasteiger partial charge in [0.15, 0.2) is 0 Å². The van der Waals surface area contributed by atoms with Crippen LogP contribution in [0.5, 0.6) is 0 Å². The van der Waals surface area contributed by atoms with E-state index in [1.54, 1.807) is 0 Å². The van der Waals surface area contributed by atoms with Crippen LogP contribution in [0, 0.1) is 0 Å². The van der Waals surface area contributed by atoms with Crippen LogP contribution >= 0.6 is 0 Å². The Morgan fingerprint density at radius 1 is 1.50 bits per heavy atom. The van der Waals surface area contributed by atoms with Crippen LogP contribution in [0.2, 0.25) is 0 Å². The Morgan fingerprint density at radius 3 is 2.83 bits per heavy atom. The van der Waals surface area contributed by atoms with Gasteiger partial charge in [-0.15, -0.1) is 0 Å². The first-order valence-electron chi connectivity index (χ1n) is 4.58. The third kappa shape index (κ3) is 1.76. The fourth-order valence-electron chi connectivity index (χ4n) is 1.57. The summed E-state index contributed by atoms with van der Waals surface area (Å²) in [7, 11) is 0. The normalized spacial score (nSPS) is 30.0. The largest absolute Gasteiger partial charge is 0.352 e. The van der Waals surface area contributed by atoms with Crippen molar-refractivity contribution in [1.82, 2.24) is 16.0 Å². The van der Waals surface area contributed by atoms with Gasteiger partial charge in [-0.25, -0.2) is 0 Å². The molecule has 0 radical (unpaired) electrons.